The van der Waals surface area contributed by atoms with Crippen molar-refractivity contribution in [3.8, 4) is 0 Å². The van der Waals surface area contributed by atoms with E-state index in [-0.39, 0.29) is 0 Å². The minimum absolute atomic E-state index is 0.351. The third kappa shape index (κ3) is 3.49. The predicted molar refractivity (Wildman–Crippen MR) is 127 cm³/mol. The van der Waals surface area contributed by atoms with E-state index in [0.29, 0.717) is 10.8 Å². The van der Waals surface area contributed by atoms with Gasteiger partial charge in [0.2, 0.25) is 0 Å². The van der Waals surface area contributed by atoms with E-state index in [0.717, 1.165) is 47.6 Å². The second-order valence-electron chi connectivity index (χ2n) is 12.5. The first kappa shape index (κ1) is 22.4. The Labute approximate surface area is 186 Å². The van der Waals surface area contributed by atoms with Gasteiger partial charge in [0.15, 0.2) is 0 Å². The van der Waals surface area contributed by atoms with Gasteiger partial charge in [-0.3, -0.25) is 0 Å². The summed E-state index contributed by atoms with van der Waals surface area (Å²) < 4.78 is 0. The van der Waals surface area contributed by atoms with Crippen LogP contribution in [-0.4, -0.2) is 10.9 Å². The van der Waals surface area contributed by atoms with Gasteiger partial charge in [-0.25, -0.2) is 0 Å². The molecule has 0 radical (unpaired) electrons. The number of rotatable bonds is 5. The van der Waals surface area contributed by atoms with Gasteiger partial charge in [-0.15, -0.1) is 0 Å². The van der Waals surface area contributed by atoms with E-state index in [9.17, 15) is 5.21 Å². The zero-order valence-electron chi connectivity index (χ0n) is 20.6. The number of hydrogen-bond donors (Lipinski definition) is 1. The van der Waals surface area contributed by atoms with Gasteiger partial charge in [-0.1, -0.05) is 64.6 Å². The molecule has 4 aliphatic carbocycles. The van der Waals surface area contributed by atoms with Crippen LogP contribution in [0.5, 0.6) is 0 Å². The van der Waals surface area contributed by atoms with Crippen LogP contribution >= 0.6 is 0 Å². The molecule has 0 bridgehead atoms. The fourth-order valence-electron chi connectivity index (χ4n) is 9.14. The third-order valence-electron chi connectivity index (χ3n) is 10.8. The van der Waals surface area contributed by atoms with E-state index >= 15 is 0 Å². The summed E-state index contributed by atoms with van der Waals surface area (Å²) in [5.74, 6) is 5.41. The average molecular weight is 414 g/mol. The van der Waals surface area contributed by atoms with Crippen molar-refractivity contribution in [3.05, 3.63) is 11.1 Å². The van der Waals surface area contributed by atoms with Crippen molar-refractivity contribution in [1.29, 1.82) is 0 Å². The van der Waals surface area contributed by atoms with E-state index < -0.39 is 0 Å². The molecule has 0 aliphatic heterocycles. The van der Waals surface area contributed by atoms with E-state index in [2.05, 4.69) is 46.7 Å². The molecule has 1 N–H and O–H groups in total. The lowest BCUT2D eigenvalue weighted by atomic mass is 9.46. The van der Waals surface area contributed by atoms with Crippen molar-refractivity contribution in [2.75, 3.05) is 0 Å². The number of nitrogens with zero attached hydrogens (tertiary/aromatic N) is 1. The summed E-state index contributed by atoms with van der Waals surface area (Å²) in [6.45, 7) is 14.8. The molecule has 0 aromatic carbocycles. The van der Waals surface area contributed by atoms with E-state index in [1.54, 1.807) is 5.57 Å². The highest BCUT2D eigenvalue weighted by atomic mass is 16.4. The molecule has 2 heteroatoms. The van der Waals surface area contributed by atoms with E-state index in [1.165, 1.54) is 69.8 Å². The van der Waals surface area contributed by atoms with Gasteiger partial charge in [0.25, 0.3) is 0 Å². The SMILES string of the molecule is CC1=C2CC[C@H]3[C@@H]4CC[C@H]([C@H](C)CCCC(C)C)[C@@]4(C)CC[C@@H]3[C@@]2(C)CC/C1=N/O. The summed E-state index contributed by atoms with van der Waals surface area (Å²) in [6.07, 6.45) is 14.8. The standard InChI is InChI=1S/C28H47NO/c1-18(2)8-7-9-19(3)22-12-13-24-21-10-11-23-20(4)26(29-30)15-17-28(23,6)25(21)14-16-27(22,24)5/h18-19,21-22,24-25,30H,7-17H2,1-6H3/b29-26-/t19-,21+,22-,24+,25+,27-,28+/m1/s1. The van der Waals surface area contributed by atoms with Crippen LogP contribution in [0.2, 0.25) is 0 Å². The predicted octanol–water partition coefficient (Wildman–Crippen LogP) is 8.25. The Morgan fingerprint density at radius 1 is 0.967 bits per heavy atom. The first-order valence-electron chi connectivity index (χ1n) is 13.1. The average Bonchev–Trinajstić information content (AvgIpc) is 3.05. The molecule has 0 spiro atoms. The third-order valence-corrected chi connectivity index (χ3v) is 10.8. The highest BCUT2D eigenvalue weighted by Gasteiger charge is 2.59. The van der Waals surface area contributed by atoms with Crippen LogP contribution in [0, 0.1) is 46.3 Å². The zero-order valence-corrected chi connectivity index (χ0v) is 20.6. The van der Waals surface area contributed by atoms with Crippen LogP contribution in [0.3, 0.4) is 0 Å². The monoisotopic (exact) mass is 413 g/mol. The molecule has 30 heavy (non-hydrogen) atoms. The lowest BCUT2D eigenvalue weighted by molar-refractivity contribution is -0.0577. The van der Waals surface area contributed by atoms with E-state index in [4.69, 9.17) is 0 Å². The number of allylic oxidation sites excluding steroid dienone is 2. The summed E-state index contributed by atoms with van der Waals surface area (Å²) >= 11 is 0. The van der Waals surface area contributed by atoms with Crippen LogP contribution in [-0.2, 0) is 0 Å². The first-order valence-corrected chi connectivity index (χ1v) is 13.1. The van der Waals surface area contributed by atoms with Crippen molar-refractivity contribution < 1.29 is 5.21 Å². The minimum Gasteiger partial charge on any atom is -0.411 e. The van der Waals surface area contributed by atoms with Crippen LogP contribution < -0.4 is 0 Å². The van der Waals surface area contributed by atoms with Crippen LogP contribution in [0.15, 0.2) is 16.3 Å². The molecule has 2 nitrogen and oxygen atoms in total. The molecule has 7 atom stereocenters. The van der Waals surface area contributed by atoms with Crippen LogP contribution in [0.25, 0.3) is 0 Å². The van der Waals surface area contributed by atoms with Crippen molar-refractivity contribution >= 4 is 5.71 Å². The van der Waals surface area contributed by atoms with Gasteiger partial charge in [0.05, 0.1) is 5.71 Å². The molecule has 3 saturated carbocycles. The fraction of sp³-hybridized carbons (Fsp3) is 0.893. The van der Waals surface area contributed by atoms with Crippen molar-refractivity contribution in [2.45, 2.75) is 112 Å². The molecular weight excluding hydrogens is 366 g/mol. The molecule has 170 valence electrons. The molecule has 4 rings (SSSR count). The second kappa shape index (κ2) is 8.28. The summed E-state index contributed by atoms with van der Waals surface area (Å²) in [5.41, 5.74) is 4.85. The van der Waals surface area contributed by atoms with Gasteiger partial charge in [-0.05, 0) is 110 Å². The summed E-state index contributed by atoms with van der Waals surface area (Å²) in [5, 5.41) is 13.1. The fourth-order valence-corrected chi connectivity index (χ4v) is 9.14. The van der Waals surface area contributed by atoms with Crippen LogP contribution in [0.4, 0.5) is 0 Å². The number of hydrogen-bond acceptors (Lipinski definition) is 2. The molecular formula is C28H47NO. The Morgan fingerprint density at radius 2 is 1.73 bits per heavy atom. The zero-order chi connectivity index (χ0) is 21.7. The lowest BCUT2D eigenvalue weighted by Gasteiger charge is -2.59. The minimum atomic E-state index is 0.351. The summed E-state index contributed by atoms with van der Waals surface area (Å²) in [4.78, 5) is 0. The largest absolute Gasteiger partial charge is 0.411 e. The molecule has 0 heterocycles. The molecule has 4 aliphatic rings. The van der Waals surface area contributed by atoms with Gasteiger partial charge in [0.1, 0.15) is 0 Å². The maximum atomic E-state index is 9.45. The van der Waals surface area contributed by atoms with E-state index in [1.807, 2.05) is 0 Å². The lowest BCUT2D eigenvalue weighted by Crippen LogP contribution is -2.51. The molecule has 3 fully saturated rings. The number of oxime groups is 1. The quantitative estimate of drug-likeness (QED) is 0.357. The van der Waals surface area contributed by atoms with Crippen LogP contribution in [0.1, 0.15) is 112 Å². The van der Waals surface area contributed by atoms with Gasteiger partial charge in [-0.2, -0.15) is 0 Å². The summed E-state index contributed by atoms with van der Waals surface area (Å²) in [6, 6.07) is 0. The highest BCUT2D eigenvalue weighted by molar-refractivity contribution is 6.01. The maximum absolute atomic E-state index is 9.45. The normalized spacial score (nSPS) is 43.5. The van der Waals surface area contributed by atoms with Gasteiger partial charge < -0.3 is 5.21 Å². The highest BCUT2D eigenvalue weighted by Crippen LogP contribution is 2.68. The second-order valence-corrected chi connectivity index (χ2v) is 12.5. The Hall–Kier alpha value is -0.790. The van der Waals surface area contributed by atoms with Gasteiger partial charge in [0, 0.05) is 0 Å². The van der Waals surface area contributed by atoms with Crippen molar-refractivity contribution in [3.63, 3.8) is 0 Å². The topological polar surface area (TPSA) is 32.6 Å². The Bertz CT molecular complexity index is 705. The van der Waals surface area contributed by atoms with Gasteiger partial charge >= 0.3 is 0 Å². The Morgan fingerprint density at radius 3 is 2.43 bits per heavy atom. The Kier molecular flexibility index (Phi) is 6.19. The molecule has 0 unspecified atom stereocenters. The number of fused-ring (bicyclic) bond motifs is 5. The Balaban J connectivity index is 1.52. The molecule has 0 aromatic heterocycles. The molecule has 0 aromatic rings. The van der Waals surface area contributed by atoms with Crippen molar-refractivity contribution in [2.24, 2.45) is 51.5 Å². The first-order chi connectivity index (χ1) is 14.2. The van der Waals surface area contributed by atoms with Crippen molar-refractivity contribution in [1.82, 2.24) is 0 Å². The molecule has 0 saturated heterocycles. The maximum Gasteiger partial charge on any atom is 0.0824 e. The smallest absolute Gasteiger partial charge is 0.0824 e. The molecule has 0 amide bonds. The summed E-state index contributed by atoms with van der Waals surface area (Å²) in [7, 11) is 0.